The number of nitrogens with zero attached hydrogens (tertiary/aromatic N) is 2. The standard InChI is InChI=1S/C13H10FN3OS/c14-12-6-11(1-2-13(12)16)19(18)8-9-3-4-17-10(5-9)7-15/h1-6H,8,16H2. The summed E-state index contributed by atoms with van der Waals surface area (Å²) < 4.78 is 25.4. The number of nitrogens with two attached hydrogens (primary N) is 1. The predicted molar refractivity (Wildman–Crippen MR) is 69.9 cm³/mol. The first-order valence-electron chi connectivity index (χ1n) is 5.38. The molecule has 1 aromatic heterocycles. The minimum absolute atomic E-state index is 0.0245. The van der Waals surface area contributed by atoms with Crippen molar-refractivity contribution in [2.24, 2.45) is 0 Å². The van der Waals surface area contributed by atoms with Gasteiger partial charge in [0.1, 0.15) is 17.6 Å². The number of rotatable bonds is 3. The normalized spacial score (nSPS) is 11.8. The van der Waals surface area contributed by atoms with Gasteiger partial charge >= 0.3 is 0 Å². The number of hydrogen-bond acceptors (Lipinski definition) is 4. The van der Waals surface area contributed by atoms with Gasteiger partial charge in [-0.1, -0.05) is 0 Å². The van der Waals surface area contributed by atoms with Crippen molar-refractivity contribution in [2.45, 2.75) is 10.6 Å². The van der Waals surface area contributed by atoms with Gasteiger partial charge in [-0.25, -0.2) is 9.37 Å². The van der Waals surface area contributed by atoms with Gasteiger partial charge in [0, 0.05) is 11.1 Å². The second kappa shape index (κ2) is 5.59. The first kappa shape index (κ1) is 13.2. The van der Waals surface area contributed by atoms with E-state index in [1.807, 2.05) is 6.07 Å². The highest BCUT2D eigenvalue weighted by molar-refractivity contribution is 7.84. The van der Waals surface area contributed by atoms with Crippen LogP contribution in [0.5, 0.6) is 0 Å². The Morgan fingerprint density at radius 3 is 2.84 bits per heavy atom. The second-order valence-electron chi connectivity index (χ2n) is 3.83. The maximum atomic E-state index is 13.3. The van der Waals surface area contributed by atoms with Crippen LogP contribution in [0.1, 0.15) is 11.3 Å². The molecular formula is C13H10FN3OS. The molecule has 0 saturated heterocycles. The lowest BCUT2D eigenvalue weighted by Crippen LogP contribution is -1.99. The van der Waals surface area contributed by atoms with Gasteiger partial charge < -0.3 is 5.73 Å². The van der Waals surface area contributed by atoms with Gasteiger partial charge in [0.05, 0.1) is 22.2 Å². The van der Waals surface area contributed by atoms with Gasteiger partial charge in [0.25, 0.3) is 0 Å². The molecule has 2 N–H and O–H groups in total. The number of benzene rings is 1. The molecule has 1 unspecified atom stereocenters. The summed E-state index contributed by atoms with van der Waals surface area (Å²) in [7, 11) is -1.40. The Morgan fingerprint density at radius 1 is 1.37 bits per heavy atom. The van der Waals surface area contributed by atoms with Crippen LogP contribution in [0.4, 0.5) is 10.1 Å². The highest BCUT2D eigenvalue weighted by atomic mass is 32.2. The molecule has 0 spiro atoms. The van der Waals surface area contributed by atoms with Gasteiger partial charge in [-0.05, 0) is 35.9 Å². The molecule has 0 fully saturated rings. The number of anilines is 1. The van der Waals surface area contributed by atoms with Crippen LogP contribution in [0.2, 0.25) is 0 Å². The van der Waals surface area contributed by atoms with Gasteiger partial charge in [-0.2, -0.15) is 5.26 Å². The van der Waals surface area contributed by atoms with Crippen molar-refractivity contribution in [2.75, 3.05) is 5.73 Å². The molecule has 0 aliphatic heterocycles. The van der Waals surface area contributed by atoms with Crippen molar-refractivity contribution in [1.29, 1.82) is 5.26 Å². The van der Waals surface area contributed by atoms with Crippen LogP contribution < -0.4 is 5.73 Å². The van der Waals surface area contributed by atoms with Crippen LogP contribution in [0.3, 0.4) is 0 Å². The van der Waals surface area contributed by atoms with Gasteiger partial charge in [-0.15, -0.1) is 0 Å². The van der Waals surface area contributed by atoms with Crippen LogP contribution in [0.25, 0.3) is 0 Å². The summed E-state index contributed by atoms with van der Waals surface area (Å²) >= 11 is 0. The first-order valence-corrected chi connectivity index (χ1v) is 6.70. The van der Waals surface area contributed by atoms with Gasteiger partial charge in [-0.3, -0.25) is 4.21 Å². The molecule has 19 heavy (non-hydrogen) atoms. The molecule has 0 aliphatic rings. The molecule has 2 rings (SSSR count). The quantitative estimate of drug-likeness (QED) is 0.869. The van der Waals surface area contributed by atoms with E-state index in [0.717, 1.165) is 6.07 Å². The molecule has 0 radical (unpaired) electrons. The number of nitriles is 1. The topological polar surface area (TPSA) is 79.8 Å². The molecule has 1 aromatic carbocycles. The number of pyridine rings is 1. The molecule has 96 valence electrons. The van der Waals surface area contributed by atoms with Crippen molar-refractivity contribution < 1.29 is 8.60 Å². The van der Waals surface area contributed by atoms with Crippen molar-refractivity contribution in [1.82, 2.24) is 4.98 Å². The zero-order chi connectivity index (χ0) is 13.8. The molecule has 0 bridgehead atoms. The third-order valence-electron chi connectivity index (χ3n) is 2.47. The van der Waals surface area contributed by atoms with Gasteiger partial charge in [0.15, 0.2) is 0 Å². The monoisotopic (exact) mass is 275 g/mol. The zero-order valence-corrected chi connectivity index (χ0v) is 10.7. The molecule has 0 amide bonds. The molecule has 0 aliphatic carbocycles. The number of halogens is 1. The minimum Gasteiger partial charge on any atom is -0.396 e. The fourth-order valence-electron chi connectivity index (χ4n) is 1.51. The van der Waals surface area contributed by atoms with Gasteiger partial charge in [0.2, 0.25) is 0 Å². The fourth-order valence-corrected chi connectivity index (χ4v) is 2.61. The van der Waals surface area contributed by atoms with Crippen molar-refractivity contribution >= 4 is 16.5 Å². The molecule has 1 heterocycles. The average Bonchev–Trinajstić information content (AvgIpc) is 2.42. The van der Waals surface area contributed by atoms with E-state index in [1.165, 1.54) is 18.3 Å². The van der Waals surface area contributed by atoms with E-state index in [-0.39, 0.29) is 17.1 Å². The third-order valence-corrected chi connectivity index (χ3v) is 3.85. The Kier molecular flexibility index (Phi) is 3.88. The second-order valence-corrected chi connectivity index (χ2v) is 5.29. The van der Waals surface area contributed by atoms with Crippen LogP contribution in [-0.4, -0.2) is 9.19 Å². The first-order chi connectivity index (χ1) is 9.10. The van der Waals surface area contributed by atoms with Crippen LogP contribution in [-0.2, 0) is 16.6 Å². The predicted octanol–water partition coefficient (Wildman–Crippen LogP) is 1.98. The van der Waals surface area contributed by atoms with Crippen LogP contribution >= 0.6 is 0 Å². The Hall–Kier alpha value is -2.26. The lowest BCUT2D eigenvalue weighted by Gasteiger charge is -2.04. The minimum atomic E-state index is -1.40. The smallest absolute Gasteiger partial charge is 0.147 e. The van der Waals surface area contributed by atoms with Crippen LogP contribution in [0, 0.1) is 17.1 Å². The zero-order valence-electron chi connectivity index (χ0n) is 9.84. The Morgan fingerprint density at radius 2 is 2.16 bits per heavy atom. The highest BCUT2D eigenvalue weighted by Crippen LogP contribution is 2.17. The maximum Gasteiger partial charge on any atom is 0.147 e. The Balaban J connectivity index is 2.21. The summed E-state index contributed by atoms with van der Waals surface area (Å²) in [5.41, 5.74) is 6.36. The summed E-state index contributed by atoms with van der Waals surface area (Å²) in [6.45, 7) is 0. The largest absolute Gasteiger partial charge is 0.396 e. The van der Waals surface area contributed by atoms with E-state index >= 15 is 0 Å². The van der Waals surface area contributed by atoms with E-state index in [9.17, 15) is 8.60 Å². The Labute approximate surface area is 112 Å². The maximum absolute atomic E-state index is 13.3. The molecule has 6 heteroatoms. The summed E-state index contributed by atoms with van der Waals surface area (Å²) in [5.74, 6) is -0.390. The molecular weight excluding hydrogens is 265 g/mol. The molecule has 4 nitrogen and oxygen atoms in total. The lowest BCUT2D eigenvalue weighted by atomic mass is 10.2. The van der Waals surface area contributed by atoms with Crippen molar-refractivity contribution in [3.8, 4) is 6.07 Å². The molecule has 0 saturated carbocycles. The lowest BCUT2D eigenvalue weighted by molar-refractivity contribution is 0.627. The van der Waals surface area contributed by atoms with E-state index in [2.05, 4.69) is 4.98 Å². The van der Waals surface area contributed by atoms with E-state index in [4.69, 9.17) is 11.0 Å². The SMILES string of the molecule is N#Cc1cc(CS(=O)c2ccc(N)c(F)c2)ccn1. The van der Waals surface area contributed by atoms with E-state index < -0.39 is 16.6 Å². The Bertz CT molecular complexity index is 682. The van der Waals surface area contributed by atoms with E-state index in [1.54, 1.807) is 12.1 Å². The third kappa shape index (κ3) is 3.14. The fraction of sp³-hybridized carbons (Fsp3) is 0.0769. The molecule has 1 atom stereocenters. The van der Waals surface area contributed by atoms with Crippen molar-refractivity contribution in [3.63, 3.8) is 0 Å². The number of aromatic nitrogens is 1. The van der Waals surface area contributed by atoms with Crippen molar-refractivity contribution in [3.05, 3.63) is 53.6 Å². The summed E-state index contributed by atoms with van der Waals surface area (Å²) in [4.78, 5) is 4.19. The molecule has 2 aromatic rings. The van der Waals surface area contributed by atoms with Crippen LogP contribution in [0.15, 0.2) is 41.4 Å². The summed E-state index contributed by atoms with van der Waals surface area (Å²) in [5, 5.41) is 8.73. The number of hydrogen-bond donors (Lipinski definition) is 1. The summed E-state index contributed by atoms with van der Waals surface area (Å²) in [6.07, 6.45) is 1.48. The average molecular weight is 275 g/mol. The highest BCUT2D eigenvalue weighted by Gasteiger charge is 2.08. The number of nitrogen functional groups attached to an aromatic ring is 1. The van der Waals surface area contributed by atoms with E-state index in [0.29, 0.717) is 10.5 Å². The summed E-state index contributed by atoms with van der Waals surface area (Å²) in [6, 6.07) is 9.22.